The van der Waals surface area contributed by atoms with Crippen LogP contribution in [0.1, 0.15) is 65.5 Å². The second-order valence-electron chi connectivity index (χ2n) is 16.6. The zero-order valence-electron chi connectivity index (χ0n) is 40.9. The number of nitrogens with zero attached hydrogens (tertiary/aromatic N) is 2. The maximum Gasteiger partial charge on any atom is 0.376 e. The van der Waals surface area contributed by atoms with Crippen LogP contribution in [0.4, 0.5) is 0 Å². The van der Waals surface area contributed by atoms with Crippen LogP contribution >= 0.6 is 58.0 Å². The summed E-state index contributed by atoms with van der Waals surface area (Å²) in [7, 11) is 9.58. The van der Waals surface area contributed by atoms with E-state index < -0.39 is 23.8 Å². The average Bonchev–Trinajstić information content (AvgIpc) is 3.38. The normalized spacial score (nSPS) is 11.7. The SMILES string of the molecule is C.CN(CCCc1ccc(O)cc1)CC(c1ccc(Cl)cc1)c1ccc(Cl)cc1.COC(=O)C(Cl)OC.COC(=O)C(OC)Oc1ccc(CCCN(C)CC(c2ccc(Cl)cc2)c2ccc(Cl)cc2)cc1. The Balaban J connectivity index is 0.000000331. The quantitative estimate of drug-likeness (QED) is 0.0401. The van der Waals surface area contributed by atoms with Gasteiger partial charge in [0, 0.05) is 59.2 Å². The minimum Gasteiger partial charge on any atom is -0.508 e. The number of benzene rings is 6. The number of alkyl halides is 1. The molecule has 0 amide bonds. The van der Waals surface area contributed by atoms with E-state index >= 15 is 0 Å². The molecule has 1 N–H and O–H groups in total. The smallest absolute Gasteiger partial charge is 0.376 e. The molecule has 0 saturated heterocycles. The number of aryl methyl sites for hydroxylation is 2. The second-order valence-corrected chi connectivity index (χ2v) is 18.8. The summed E-state index contributed by atoms with van der Waals surface area (Å²) in [6.07, 6.45) is 2.93. The van der Waals surface area contributed by atoms with E-state index in [1.165, 1.54) is 61.8 Å². The van der Waals surface area contributed by atoms with E-state index in [4.69, 9.17) is 67.5 Å². The molecular formula is C57H67Cl5N2O8. The average molecular weight is 1090 g/mol. The van der Waals surface area contributed by atoms with Crippen molar-refractivity contribution in [3.63, 3.8) is 0 Å². The van der Waals surface area contributed by atoms with E-state index in [-0.39, 0.29) is 19.3 Å². The third-order valence-corrected chi connectivity index (χ3v) is 12.8. The van der Waals surface area contributed by atoms with Crippen molar-refractivity contribution >= 4 is 69.9 Å². The van der Waals surface area contributed by atoms with Crippen molar-refractivity contribution in [2.24, 2.45) is 0 Å². The molecule has 388 valence electrons. The van der Waals surface area contributed by atoms with Gasteiger partial charge in [0.1, 0.15) is 11.5 Å². The lowest BCUT2D eigenvalue weighted by Crippen LogP contribution is -2.30. The van der Waals surface area contributed by atoms with Crippen LogP contribution in [0.3, 0.4) is 0 Å². The number of methoxy groups -OCH3 is 4. The summed E-state index contributed by atoms with van der Waals surface area (Å²) in [5.41, 5.74) is 6.41. The molecule has 10 nitrogen and oxygen atoms in total. The Labute approximate surface area is 451 Å². The van der Waals surface area contributed by atoms with Crippen LogP contribution in [0.25, 0.3) is 0 Å². The van der Waals surface area contributed by atoms with Gasteiger partial charge in [-0.1, -0.05) is 138 Å². The molecule has 72 heavy (non-hydrogen) atoms. The Morgan fingerprint density at radius 3 is 1.12 bits per heavy atom. The number of phenols is 1. The van der Waals surface area contributed by atoms with Gasteiger partial charge in [-0.2, -0.15) is 0 Å². The molecule has 0 heterocycles. The summed E-state index contributed by atoms with van der Waals surface area (Å²) < 4.78 is 23.8. The fourth-order valence-corrected chi connectivity index (χ4v) is 8.09. The minimum atomic E-state index is -1.08. The van der Waals surface area contributed by atoms with Gasteiger partial charge in [-0.3, -0.25) is 0 Å². The van der Waals surface area contributed by atoms with Gasteiger partial charge in [-0.15, -0.1) is 0 Å². The number of carbonyl (C=O) groups is 2. The van der Waals surface area contributed by atoms with Crippen LogP contribution < -0.4 is 4.74 Å². The summed E-state index contributed by atoms with van der Waals surface area (Å²) >= 11 is 29.6. The van der Waals surface area contributed by atoms with Gasteiger partial charge in [0.25, 0.3) is 6.29 Å². The van der Waals surface area contributed by atoms with E-state index in [2.05, 4.69) is 86.6 Å². The first-order valence-electron chi connectivity index (χ1n) is 22.9. The zero-order valence-corrected chi connectivity index (χ0v) is 44.7. The molecule has 6 aromatic rings. The lowest BCUT2D eigenvalue weighted by atomic mass is 9.91. The Morgan fingerprint density at radius 2 is 0.833 bits per heavy atom. The third kappa shape index (κ3) is 21.7. The first kappa shape index (κ1) is 61.4. The fourth-order valence-electron chi connectivity index (χ4n) is 7.50. The molecule has 0 aliphatic heterocycles. The van der Waals surface area contributed by atoms with Crippen molar-refractivity contribution in [3.8, 4) is 11.5 Å². The molecule has 0 aliphatic carbocycles. The largest absolute Gasteiger partial charge is 0.508 e. The number of halogens is 5. The van der Waals surface area contributed by atoms with Gasteiger partial charge in [-0.05, 0) is 159 Å². The van der Waals surface area contributed by atoms with E-state index in [0.717, 1.165) is 72.0 Å². The topological polar surface area (TPSA) is 107 Å². The molecule has 2 unspecified atom stereocenters. The van der Waals surface area contributed by atoms with Gasteiger partial charge in [0.15, 0.2) is 0 Å². The number of rotatable bonds is 22. The van der Waals surface area contributed by atoms with Crippen molar-refractivity contribution in [2.45, 2.75) is 56.8 Å². The fraction of sp³-hybridized carbons (Fsp3) is 0.333. The second kappa shape index (κ2) is 33.1. The minimum absolute atomic E-state index is 0. The van der Waals surface area contributed by atoms with Crippen molar-refractivity contribution in [1.82, 2.24) is 9.80 Å². The van der Waals surface area contributed by atoms with E-state index in [1.54, 1.807) is 12.1 Å². The van der Waals surface area contributed by atoms with Gasteiger partial charge in [0.2, 0.25) is 5.56 Å². The van der Waals surface area contributed by atoms with Crippen molar-refractivity contribution in [2.75, 3.05) is 68.7 Å². The van der Waals surface area contributed by atoms with Crippen molar-refractivity contribution < 1.29 is 38.4 Å². The van der Waals surface area contributed by atoms with E-state index in [1.807, 2.05) is 84.9 Å². The maximum absolute atomic E-state index is 11.6. The number of ether oxygens (including phenoxy) is 5. The summed E-state index contributed by atoms with van der Waals surface area (Å²) in [5.74, 6) is 0.193. The lowest BCUT2D eigenvalue weighted by Gasteiger charge is -2.25. The molecule has 0 saturated carbocycles. The van der Waals surface area contributed by atoms with Crippen LogP contribution in [0, 0.1) is 0 Å². The van der Waals surface area contributed by atoms with Crippen molar-refractivity contribution in [3.05, 3.63) is 199 Å². The highest BCUT2D eigenvalue weighted by Gasteiger charge is 2.21. The molecule has 2 atom stereocenters. The molecule has 0 radical (unpaired) electrons. The van der Waals surface area contributed by atoms with E-state index in [0.29, 0.717) is 11.5 Å². The Hall–Kier alpha value is -4.85. The predicted octanol–water partition coefficient (Wildman–Crippen LogP) is 13.6. The maximum atomic E-state index is 11.6. The zero-order chi connectivity index (χ0) is 51.7. The molecule has 0 aromatic heterocycles. The summed E-state index contributed by atoms with van der Waals surface area (Å²) in [5, 5.41) is 12.4. The van der Waals surface area contributed by atoms with Crippen LogP contribution in [-0.4, -0.2) is 107 Å². The first-order valence-corrected chi connectivity index (χ1v) is 24.8. The molecular weight excluding hydrogens is 1020 g/mol. The van der Waals surface area contributed by atoms with Crippen LogP contribution in [-0.2, 0) is 41.4 Å². The van der Waals surface area contributed by atoms with E-state index in [9.17, 15) is 14.7 Å². The molecule has 0 spiro atoms. The highest BCUT2D eigenvalue weighted by Crippen LogP contribution is 2.30. The molecule has 0 aliphatic rings. The molecule has 0 bridgehead atoms. The third-order valence-electron chi connectivity index (χ3n) is 11.4. The monoisotopic (exact) mass is 1080 g/mol. The summed E-state index contributed by atoms with van der Waals surface area (Å²) in [4.78, 5) is 26.6. The van der Waals surface area contributed by atoms with Gasteiger partial charge >= 0.3 is 11.9 Å². The predicted molar refractivity (Wildman–Crippen MR) is 295 cm³/mol. The van der Waals surface area contributed by atoms with Crippen LogP contribution in [0.5, 0.6) is 11.5 Å². The summed E-state index contributed by atoms with van der Waals surface area (Å²) in [6, 6.07) is 47.5. The molecule has 15 heteroatoms. The Bertz CT molecular complexity index is 2360. The molecule has 6 aromatic carbocycles. The van der Waals surface area contributed by atoms with Crippen molar-refractivity contribution in [1.29, 1.82) is 0 Å². The number of carbonyl (C=O) groups excluding carboxylic acids is 2. The van der Waals surface area contributed by atoms with Crippen LogP contribution in [0.15, 0.2) is 146 Å². The van der Waals surface area contributed by atoms with Gasteiger partial charge < -0.3 is 38.6 Å². The number of phenolic OH excluding ortho intramolecular Hbond substituents is 1. The molecule has 6 rings (SSSR count). The molecule has 0 fully saturated rings. The Kier molecular flexibility index (Phi) is 28.2. The van der Waals surface area contributed by atoms with Crippen LogP contribution in [0.2, 0.25) is 20.1 Å². The van der Waals surface area contributed by atoms with Gasteiger partial charge in [0.05, 0.1) is 14.2 Å². The number of likely N-dealkylation sites (N-methyl/N-ethyl adjacent to an activating group) is 2. The first-order chi connectivity index (χ1) is 34.1. The lowest BCUT2D eigenvalue weighted by molar-refractivity contribution is -0.170. The highest BCUT2D eigenvalue weighted by atomic mass is 35.5. The number of hydrogen-bond acceptors (Lipinski definition) is 10. The summed E-state index contributed by atoms with van der Waals surface area (Å²) in [6.45, 7) is 3.74. The van der Waals surface area contributed by atoms with Gasteiger partial charge in [-0.25, -0.2) is 9.59 Å². The number of aromatic hydroxyl groups is 1. The standard InChI is InChI=1S/C28H31Cl2NO4.C24H25Cl2NO.C4H7ClO3.CH4/c1-31(18-4-5-20-6-16-25(17-7-20)35-28(34-3)27(32)33-2)19-26(21-8-12-23(29)13-9-21)22-10-14-24(30)15-11-22;1-27(16-2-3-18-4-14-23(28)15-5-18)17-24(19-6-10-21(25)11-7-19)20-8-12-22(26)13-9-20;1-7-3(5)4(6)8-2;/h6-17,26,28H,4-5,18-19H2,1-3H3;4-15,24,28H,2-3,16-17H2,1H3;3H,1-2H3;1H4. The number of hydrogen-bond donors (Lipinski definition) is 1. The highest BCUT2D eigenvalue weighted by molar-refractivity contribution is 6.31. The number of esters is 2. The Morgan fingerprint density at radius 1 is 0.500 bits per heavy atom.